The molecule has 1 atom stereocenters. The van der Waals surface area contributed by atoms with Crippen molar-refractivity contribution in [1.29, 1.82) is 0 Å². The lowest BCUT2D eigenvalue weighted by Crippen LogP contribution is -2.35. The molecule has 3 rings (SSSR count). The predicted molar refractivity (Wildman–Crippen MR) is 102 cm³/mol. The van der Waals surface area contributed by atoms with Crippen LogP contribution in [-0.4, -0.2) is 35.6 Å². The highest BCUT2D eigenvalue weighted by molar-refractivity contribution is 6.42. The summed E-state index contributed by atoms with van der Waals surface area (Å²) in [5.74, 6) is -0.0310. The summed E-state index contributed by atoms with van der Waals surface area (Å²) in [5, 5.41) is 11.2. The van der Waals surface area contributed by atoms with E-state index in [2.05, 4.69) is 0 Å². The highest BCUT2D eigenvalue weighted by atomic mass is 35.5. The van der Waals surface area contributed by atoms with Gasteiger partial charge < -0.3 is 10.0 Å². The third-order valence-corrected chi connectivity index (χ3v) is 5.85. The van der Waals surface area contributed by atoms with Crippen molar-refractivity contribution in [2.24, 2.45) is 0 Å². The molecule has 0 aromatic heterocycles. The van der Waals surface area contributed by atoms with Crippen molar-refractivity contribution in [3.05, 3.63) is 68.7 Å². The second kappa shape index (κ2) is 7.55. The molecule has 6 heteroatoms. The number of rotatable bonds is 4. The Morgan fingerprint density at radius 3 is 2.44 bits per heavy atom. The van der Waals surface area contributed by atoms with E-state index in [1.54, 1.807) is 30.3 Å². The molecule has 1 heterocycles. The SMILES string of the molecule is O=C(c1ccc(Cl)cc1)N1CCC(CCO)(c2ccc(Cl)c(Cl)c2)C1. The van der Waals surface area contributed by atoms with Crippen LogP contribution in [0.2, 0.25) is 15.1 Å². The van der Waals surface area contributed by atoms with E-state index in [-0.39, 0.29) is 17.9 Å². The van der Waals surface area contributed by atoms with E-state index in [0.29, 0.717) is 40.1 Å². The molecule has 1 aliphatic heterocycles. The first kappa shape index (κ1) is 18.5. The summed E-state index contributed by atoms with van der Waals surface area (Å²) < 4.78 is 0. The number of hydrogen-bond acceptors (Lipinski definition) is 2. The lowest BCUT2D eigenvalue weighted by Gasteiger charge is -2.30. The van der Waals surface area contributed by atoms with Gasteiger partial charge in [-0.1, -0.05) is 40.9 Å². The van der Waals surface area contributed by atoms with Gasteiger partial charge in [0.15, 0.2) is 0 Å². The molecule has 2 aromatic rings. The summed E-state index contributed by atoms with van der Waals surface area (Å²) in [4.78, 5) is 14.6. The Kier molecular flexibility index (Phi) is 5.59. The molecule has 1 amide bonds. The van der Waals surface area contributed by atoms with Crippen molar-refractivity contribution >= 4 is 40.7 Å². The second-order valence-electron chi connectivity index (χ2n) is 6.37. The van der Waals surface area contributed by atoms with Crippen LogP contribution in [0.4, 0.5) is 0 Å². The maximum absolute atomic E-state index is 12.8. The number of carbonyl (C=O) groups excluding carboxylic acids is 1. The maximum atomic E-state index is 12.8. The molecule has 1 unspecified atom stereocenters. The zero-order chi connectivity index (χ0) is 18.0. The van der Waals surface area contributed by atoms with E-state index in [0.717, 1.165) is 12.0 Å². The quantitative estimate of drug-likeness (QED) is 0.802. The van der Waals surface area contributed by atoms with Crippen molar-refractivity contribution in [3.63, 3.8) is 0 Å². The van der Waals surface area contributed by atoms with Crippen LogP contribution in [0.15, 0.2) is 42.5 Å². The van der Waals surface area contributed by atoms with Crippen LogP contribution in [0.5, 0.6) is 0 Å². The van der Waals surface area contributed by atoms with Crippen LogP contribution < -0.4 is 0 Å². The van der Waals surface area contributed by atoms with Gasteiger partial charge in [-0.15, -0.1) is 0 Å². The minimum Gasteiger partial charge on any atom is -0.396 e. The van der Waals surface area contributed by atoms with Crippen LogP contribution in [0.1, 0.15) is 28.8 Å². The van der Waals surface area contributed by atoms with Gasteiger partial charge in [0.1, 0.15) is 0 Å². The fourth-order valence-electron chi connectivity index (χ4n) is 3.44. The average molecular weight is 399 g/mol. The Hall–Kier alpha value is -1.26. The zero-order valence-electron chi connectivity index (χ0n) is 13.5. The van der Waals surface area contributed by atoms with Crippen LogP contribution >= 0.6 is 34.8 Å². The molecule has 0 saturated carbocycles. The largest absolute Gasteiger partial charge is 0.396 e. The molecule has 0 bridgehead atoms. The summed E-state index contributed by atoms with van der Waals surface area (Å²) in [6.45, 7) is 1.21. The number of aliphatic hydroxyl groups excluding tert-OH is 1. The molecule has 3 nitrogen and oxygen atoms in total. The zero-order valence-corrected chi connectivity index (χ0v) is 15.8. The maximum Gasteiger partial charge on any atom is 0.253 e. The normalized spacial score (nSPS) is 20.1. The lowest BCUT2D eigenvalue weighted by atomic mass is 9.77. The Morgan fingerprint density at radius 1 is 1.08 bits per heavy atom. The monoisotopic (exact) mass is 397 g/mol. The Morgan fingerprint density at radius 2 is 1.80 bits per heavy atom. The molecular weight excluding hydrogens is 381 g/mol. The number of nitrogens with zero attached hydrogens (tertiary/aromatic N) is 1. The van der Waals surface area contributed by atoms with Crippen LogP contribution in [0, 0.1) is 0 Å². The number of benzene rings is 2. The summed E-state index contributed by atoms with van der Waals surface area (Å²) in [5.41, 5.74) is 1.30. The molecular formula is C19H18Cl3NO2. The highest BCUT2D eigenvalue weighted by Gasteiger charge is 2.41. The summed E-state index contributed by atoms with van der Waals surface area (Å²) in [7, 11) is 0. The summed E-state index contributed by atoms with van der Waals surface area (Å²) in [6.07, 6.45) is 1.33. The van der Waals surface area contributed by atoms with Gasteiger partial charge >= 0.3 is 0 Å². The topological polar surface area (TPSA) is 40.5 Å². The van der Waals surface area contributed by atoms with Crippen LogP contribution in [0.3, 0.4) is 0 Å². The van der Waals surface area contributed by atoms with Crippen molar-refractivity contribution in [2.45, 2.75) is 18.3 Å². The molecule has 25 heavy (non-hydrogen) atoms. The fourth-order valence-corrected chi connectivity index (χ4v) is 3.87. The molecule has 132 valence electrons. The van der Waals surface area contributed by atoms with Crippen molar-refractivity contribution in [3.8, 4) is 0 Å². The lowest BCUT2D eigenvalue weighted by molar-refractivity contribution is 0.0779. The summed E-state index contributed by atoms with van der Waals surface area (Å²) in [6, 6.07) is 12.4. The number of hydrogen-bond donors (Lipinski definition) is 1. The molecule has 0 aliphatic carbocycles. The van der Waals surface area contributed by atoms with Gasteiger partial charge in [-0.25, -0.2) is 0 Å². The molecule has 2 aromatic carbocycles. The van der Waals surface area contributed by atoms with E-state index < -0.39 is 0 Å². The van der Waals surface area contributed by atoms with Gasteiger partial charge in [0, 0.05) is 35.7 Å². The average Bonchev–Trinajstić information content (AvgIpc) is 3.03. The van der Waals surface area contributed by atoms with E-state index in [1.807, 2.05) is 17.0 Å². The van der Waals surface area contributed by atoms with Gasteiger partial charge in [0.05, 0.1) is 10.0 Å². The van der Waals surface area contributed by atoms with E-state index in [9.17, 15) is 9.90 Å². The van der Waals surface area contributed by atoms with E-state index in [1.165, 1.54) is 0 Å². The smallest absolute Gasteiger partial charge is 0.253 e. The Bertz CT molecular complexity index is 779. The first-order chi connectivity index (χ1) is 11.9. The molecule has 1 aliphatic rings. The number of amides is 1. The second-order valence-corrected chi connectivity index (χ2v) is 7.62. The number of carbonyl (C=O) groups is 1. The standard InChI is InChI=1S/C19H18Cl3NO2/c20-15-4-1-13(2-5-15)18(25)23-9-7-19(12-23,8-10-24)14-3-6-16(21)17(22)11-14/h1-6,11,24H,7-10,12H2. The van der Waals surface area contributed by atoms with Gasteiger partial charge in [-0.3, -0.25) is 4.79 Å². The highest BCUT2D eigenvalue weighted by Crippen LogP contribution is 2.40. The first-order valence-electron chi connectivity index (χ1n) is 8.06. The van der Waals surface area contributed by atoms with Crippen molar-refractivity contribution in [2.75, 3.05) is 19.7 Å². The van der Waals surface area contributed by atoms with Gasteiger partial charge in [-0.05, 0) is 54.8 Å². The third kappa shape index (κ3) is 3.80. The summed E-state index contributed by atoms with van der Waals surface area (Å²) >= 11 is 18.1. The number of aliphatic hydroxyl groups is 1. The van der Waals surface area contributed by atoms with Gasteiger partial charge in [0.25, 0.3) is 5.91 Å². The van der Waals surface area contributed by atoms with Crippen molar-refractivity contribution in [1.82, 2.24) is 4.90 Å². The van der Waals surface area contributed by atoms with Crippen LogP contribution in [-0.2, 0) is 5.41 Å². The Labute approximate surface area is 162 Å². The van der Waals surface area contributed by atoms with Crippen molar-refractivity contribution < 1.29 is 9.90 Å². The van der Waals surface area contributed by atoms with E-state index in [4.69, 9.17) is 34.8 Å². The Balaban J connectivity index is 1.86. The molecule has 1 N–H and O–H groups in total. The number of halogens is 3. The molecule has 1 fully saturated rings. The third-order valence-electron chi connectivity index (χ3n) is 4.85. The number of likely N-dealkylation sites (tertiary alicyclic amines) is 1. The van der Waals surface area contributed by atoms with Gasteiger partial charge in [0.2, 0.25) is 0 Å². The first-order valence-corrected chi connectivity index (χ1v) is 9.20. The van der Waals surface area contributed by atoms with E-state index >= 15 is 0 Å². The predicted octanol–water partition coefficient (Wildman–Crippen LogP) is 4.81. The molecule has 0 spiro atoms. The molecule has 1 saturated heterocycles. The van der Waals surface area contributed by atoms with Crippen LogP contribution in [0.25, 0.3) is 0 Å². The molecule has 0 radical (unpaired) electrons. The van der Waals surface area contributed by atoms with Gasteiger partial charge in [-0.2, -0.15) is 0 Å². The fraction of sp³-hybridized carbons (Fsp3) is 0.316. The minimum absolute atomic E-state index is 0.0310. The minimum atomic E-state index is -0.314.